The van der Waals surface area contributed by atoms with Crippen LogP contribution < -0.4 is 10.6 Å². The molecule has 120 valence electrons. The summed E-state index contributed by atoms with van der Waals surface area (Å²) in [6.07, 6.45) is 0. The number of anilines is 1. The van der Waals surface area contributed by atoms with Crippen LogP contribution in [-0.4, -0.2) is 18.2 Å². The molecule has 1 amide bonds. The lowest BCUT2D eigenvalue weighted by molar-refractivity contribution is -0.115. The molecule has 4 nitrogen and oxygen atoms in total. The number of benzene rings is 2. The molecule has 0 saturated carbocycles. The minimum absolute atomic E-state index is 0.00123. The third-order valence-electron chi connectivity index (χ3n) is 3.51. The number of nitrogens with one attached hydrogen (secondary N) is 2. The quantitative estimate of drug-likeness (QED) is 0.791. The van der Waals surface area contributed by atoms with E-state index in [0.717, 1.165) is 5.56 Å². The Morgan fingerprint density at radius 2 is 1.65 bits per heavy atom. The second-order valence-electron chi connectivity index (χ2n) is 5.34. The van der Waals surface area contributed by atoms with E-state index < -0.39 is 0 Å². The average Bonchev–Trinajstić information content (AvgIpc) is 2.54. The topological polar surface area (TPSA) is 58.2 Å². The van der Waals surface area contributed by atoms with Gasteiger partial charge in [0.25, 0.3) is 0 Å². The molecular formula is C18H19ClN2O2. The summed E-state index contributed by atoms with van der Waals surface area (Å²) in [5, 5.41) is 6.64. The summed E-state index contributed by atoms with van der Waals surface area (Å²) in [7, 11) is 0. The standard InChI is InChI=1S/C18H19ClN2O2/c1-12(14-3-7-16(19)8-4-14)20-11-18(23)21-17-9-5-15(6-10-17)13(2)22/h3-10,12,20H,11H2,1-2H3,(H,21,23)/t12-/m1/s1. The lowest BCUT2D eigenvalue weighted by Gasteiger charge is -2.14. The smallest absolute Gasteiger partial charge is 0.238 e. The largest absolute Gasteiger partial charge is 0.325 e. The van der Waals surface area contributed by atoms with E-state index in [2.05, 4.69) is 10.6 Å². The van der Waals surface area contributed by atoms with Crippen molar-refractivity contribution in [2.24, 2.45) is 0 Å². The van der Waals surface area contributed by atoms with Crippen molar-refractivity contribution in [1.82, 2.24) is 5.32 Å². The third-order valence-corrected chi connectivity index (χ3v) is 3.77. The molecule has 0 aromatic heterocycles. The van der Waals surface area contributed by atoms with E-state index in [1.165, 1.54) is 6.92 Å². The number of carbonyl (C=O) groups is 2. The summed E-state index contributed by atoms with van der Waals surface area (Å²) in [6, 6.07) is 14.4. The van der Waals surface area contributed by atoms with Gasteiger partial charge in [-0.2, -0.15) is 0 Å². The molecule has 5 heteroatoms. The predicted octanol–water partition coefficient (Wildman–Crippen LogP) is 3.83. The van der Waals surface area contributed by atoms with Crippen LogP contribution in [0, 0.1) is 0 Å². The molecule has 2 rings (SSSR count). The first-order chi connectivity index (χ1) is 11.0. The Bertz CT molecular complexity index is 681. The van der Waals surface area contributed by atoms with Gasteiger partial charge in [-0.1, -0.05) is 23.7 Å². The van der Waals surface area contributed by atoms with Crippen LogP contribution in [0.4, 0.5) is 5.69 Å². The highest BCUT2D eigenvalue weighted by atomic mass is 35.5. The molecule has 0 heterocycles. The van der Waals surface area contributed by atoms with Crippen LogP contribution >= 0.6 is 11.6 Å². The Morgan fingerprint density at radius 1 is 1.04 bits per heavy atom. The molecular weight excluding hydrogens is 312 g/mol. The summed E-state index contributed by atoms with van der Waals surface area (Å²) < 4.78 is 0. The van der Waals surface area contributed by atoms with Gasteiger partial charge in [0.2, 0.25) is 5.91 Å². The molecule has 0 aliphatic heterocycles. The van der Waals surface area contributed by atoms with Gasteiger partial charge < -0.3 is 10.6 Å². The van der Waals surface area contributed by atoms with Crippen molar-refractivity contribution in [2.45, 2.75) is 19.9 Å². The Morgan fingerprint density at radius 3 is 2.22 bits per heavy atom. The van der Waals surface area contributed by atoms with Crippen LogP contribution in [0.1, 0.15) is 35.8 Å². The molecule has 0 aliphatic rings. The molecule has 2 aromatic carbocycles. The molecule has 0 aliphatic carbocycles. The van der Waals surface area contributed by atoms with Gasteiger partial charge in [0.1, 0.15) is 0 Å². The summed E-state index contributed by atoms with van der Waals surface area (Å²) in [6.45, 7) is 3.69. The number of hydrogen-bond acceptors (Lipinski definition) is 3. The van der Waals surface area contributed by atoms with Crippen LogP contribution in [0.15, 0.2) is 48.5 Å². The highest BCUT2D eigenvalue weighted by Crippen LogP contribution is 2.16. The Balaban J connectivity index is 1.84. The van der Waals surface area contributed by atoms with Gasteiger partial charge in [-0.3, -0.25) is 9.59 Å². The molecule has 2 N–H and O–H groups in total. The number of ketones is 1. The third kappa shape index (κ3) is 5.20. The Hall–Kier alpha value is -2.17. The van der Waals surface area contributed by atoms with E-state index in [4.69, 9.17) is 11.6 Å². The molecule has 2 aromatic rings. The minimum atomic E-state index is -0.138. The second kappa shape index (κ2) is 7.90. The fourth-order valence-corrected chi connectivity index (χ4v) is 2.23. The molecule has 0 spiro atoms. The van der Waals surface area contributed by atoms with E-state index in [-0.39, 0.29) is 24.3 Å². The van der Waals surface area contributed by atoms with Crippen molar-refractivity contribution < 1.29 is 9.59 Å². The van der Waals surface area contributed by atoms with Gasteiger partial charge in [-0.05, 0) is 55.8 Å². The Kier molecular flexibility index (Phi) is 5.90. The van der Waals surface area contributed by atoms with Crippen LogP contribution in [0.2, 0.25) is 5.02 Å². The van der Waals surface area contributed by atoms with Crippen molar-refractivity contribution in [3.8, 4) is 0 Å². The summed E-state index contributed by atoms with van der Waals surface area (Å²) in [4.78, 5) is 23.2. The number of rotatable bonds is 6. The second-order valence-corrected chi connectivity index (χ2v) is 5.77. The average molecular weight is 331 g/mol. The van der Waals surface area contributed by atoms with Gasteiger partial charge in [0.15, 0.2) is 5.78 Å². The van der Waals surface area contributed by atoms with Crippen LogP contribution in [0.5, 0.6) is 0 Å². The highest BCUT2D eigenvalue weighted by Gasteiger charge is 2.08. The zero-order valence-electron chi connectivity index (χ0n) is 13.1. The first-order valence-electron chi connectivity index (χ1n) is 7.35. The van der Waals surface area contributed by atoms with Crippen molar-refractivity contribution in [3.05, 3.63) is 64.7 Å². The van der Waals surface area contributed by atoms with Gasteiger partial charge in [0, 0.05) is 22.3 Å². The number of carbonyl (C=O) groups excluding carboxylic acids is 2. The van der Waals surface area contributed by atoms with Gasteiger partial charge in [-0.25, -0.2) is 0 Å². The first kappa shape index (κ1) is 17.2. The van der Waals surface area contributed by atoms with E-state index in [9.17, 15) is 9.59 Å². The first-order valence-corrected chi connectivity index (χ1v) is 7.73. The fraction of sp³-hybridized carbons (Fsp3) is 0.222. The lowest BCUT2D eigenvalue weighted by Crippen LogP contribution is -2.30. The molecule has 0 unspecified atom stereocenters. The van der Waals surface area contributed by atoms with Crippen molar-refractivity contribution in [1.29, 1.82) is 0 Å². The highest BCUT2D eigenvalue weighted by molar-refractivity contribution is 6.30. The van der Waals surface area contributed by atoms with E-state index in [1.807, 2.05) is 31.2 Å². The number of Topliss-reactive ketones (excluding diaryl/α,β-unsaturated/α-hetero) is 1. The van der Waals surface area contributed by atoms with Crippen molar-refractivity contribution >= 4 is 29.0 Å². The normalized spacial score (nSPS) is 11.8. The lowest BCUT2D eigenvalue weighted by atomic mass is 10.1. The molecule has 0 saturated heterocycles. The van der Waals surface area contributed by atoms with Crippen molar-refractivity contribution in [3.63, 3.8) is 0 Å². The maximum absolute atomic E-state index is 12.0. The monoisotopic (exact) mass is 330 g/mol. The zero-order valence-corrected chi connectivity index (χ0v) is 13.9. The number of halogens is 1. The maximum atomic E-state index is 12.0. The molecule has 0 radical (unpaired) electrons. The Labute approximate surface area is 140 Å². The fourth-order valence-electron chi connectivity index (χ4n) is 2.11. The predicted molar refractivity (Wildman–Crippen MR) is 92.9 cm³/mol. The zero-order chi connectivity index (χ0) is 16.8. The minimum Gasteiger partial charge on any atom is -0.325 e. The number of hydrogen-bond donors (Lipinski definition) is 2. The van der Waals surface area contributed by atoms with E-state index in [1.54, 1.807) is 24.3 Å². The van der Waals surface area contributed by atoms with Crippen LogP contribution in [0.3, 0.4) is 0 Å². The summed E-state index contributed by atoms with van der Waals surface area (Å²) >= 11 is 5.86. The summed E-state index contributed by atoms with van der Waals surface area (Å²) in [5.41, 5.74) is 2.35. The van der Waals surface area contributed by atoms with Gasteiger partial charge in [0.05, 0.1) is 6.54 Å². The molecule has 1 atom stereocenters. The SMILES string of the molecule is CC(=O)c1ccc(NC(=O)CN[C@H](C)c2ccc(Cl)cc2)cc1. The van der Waals surface area contributed by atoms with Crippen LogP contribution in [0.25, 0.3) is 0 Å². The van der Waals surface area contributed by atoms with E-state index >= 15 is 0 Å². The van der Waals surface area contributed by atoms with Crippen LogP contribution in [-0.2, 0) is 4.79 Å². The molecule has 0 bridgehead atoms. The summed E-state index contributed by atoms with van der Waals surface area (Å²) in [5.74, 6) is -0.136. The molecule has 23 heavy (non-hydrogen) atoms. The van der Waals surface area contributed by atoms with Gasteiger partial charge in [-0.15, -0.1) is 0 Å². The van der Waals surface area contributed by atoms with Gasteiger partial charge >= 0.3 is 0 Å². The molecule has 0 fully saturated rings. The van der Waals surface area contributed by atoms with E-state index in [0.29, 0.717) is 16.3 Å². The number of amides is 1. The van der Waals surface area contributed by atoms with Crippen molar-refractivity contribution in [2.75, 3.05) is 11.9 Å². The maximum Gasteiger partial charge on any atom is 0.238 e.